The Morgan fingerprint density at radius 2 is 1.90 bits per heavy atom. The van der Waals surface area contributed by atoms with Gasteiger partial charge in [-0.15, -0.1) is 0 Å². The van der Waals surface area contributed by atoms with E-state index < -0.39 is 11.9 Å². The van der Waals surface area contributed by atoms with Gasteiger partial charge >= 0.3 is 5.97 Å². The number of benzene rings is 2. The minimum Gasteiger partial charge on any atom is -0.478 e. The van der Waals surface area contributed by atoms with Crippen molar-refractivity contribution in [2.75, 3.05) is 5.32 Å². The Balaban J connectivity index is 1.87. The Morgan fingerprint density at radius 1 is 1.14 bits per heavy atom. The molecule has 0 saturated carbocycles. The fourth-order valence-corrected chi connectivity index (χ4v) is 2.85. The molecule has 144 valence electrons. The SMILES string of the molecule is CCc1ccc(NC(=O)C(C#N)=Cc2cccn2-c2cccc(C(=O)O)c2)cc1. The minimum absolute atomic E-state index is 0.0566. The van der Waals surface area contributed by atoms with Crippen molar-refractivity contribution < 1.29 is 14.7 Å². The van der Waals surface area contributed by atoms with E-state index in [2.05, 4.69) is 5.32 Å². The third-order valence-electron chi connectivity index (χ3n) is 4.43. The maximum absolute atomic E-state index is 12.5. The molecule has 6 nitrogen and oxygen atoms in total. The highest BCUT2D eigenvalue weighted by Crippen LogP contribution is 2.18. The number of carboxylic acid groups (broad SMARTS) is 1. The average Bonchev–Trinajstić information content (AvgIpc) is 3.20. The number of carboxylic acids is 1. The Bertz CT molecular complexity index is 1120. The number of rotatable bonds is 6. The number of nitrogens with one attached hydrogen (secondary N) is 1. The summed E-state index contributed by atoms with van der Waals surface area (Å²) in [6.45, 7) is 2.05. The van der Waals surface area contributed by atoms with Crippen molar-refractivity contribution in [2.45, 2.75) is 13.3 Å². The number of aryl methyl sites for hydroxylation is 1. The van der Waals surface area contributed by atoms with Crippen LogP contribution < -0.4 is 5.32 Å². The molecule has 1 amide bonds. The first-order valence-electron chi connectivity index (χ1n) is 9.05. The molecule has 0 aliphatic carbocycles. The normalized spacial score (nSPS) is 11.0. The maximum Gasteiger partial charge on any atom is 0.335 e. The summed E-state index contributed by atoms with van der Waals surface area (Å²) in [5.41, 5.74) is 3.06. The van der Waals surface area contributed by atoms with E-state index in [0.29, 0.717) is 17.1 Å². The molecule has 2 N–H and O–H groups in total. The molecule has 3 rings (SSSR count). The van der Waals surface area contributed by atoms with Gasteiger partial charge in [0.1, 0.15) is 11.6 Å². The summed E-state index contributed by atoms with van der Waals surface area (Å²) in [7, 11) is 0. The van der Waals surface area contributed by atoms with Crippen LogP contribution in [0.4, 0.5) is 5.69 Å². The third-order valence-corrected chi connectivity index (χ3v) is 4.43. The molecule has 1 heterocycles. The highest BCUT2D eigenvalue weighted by Gasteiger charge is 2.12. The van der Waals surface area contributed by atoms with Gasteiger partial charge in [0.25, 0.3) is 5.91 Å². The molecule has 3 aromatic rings. The standard InChI is InChI=1S/C23H19N3O3/c1-2-16-8-10-19(11-9-16)25-22(27)18(15-24)14-21-7-4-12-26(21)20-6-3-5-17(13-20)23(28)29/h3-14H,2H2,1H3,(H,25,27)(H,28,29). The number of anilines is 1. The van der Waals surface area contributed by atoms with Crippen molar-refractivity contribution >= 4 is 23.6 Å². The van der Waals surface area contributed by atoms with Gasteiger partial charge in [-0.25, -0.2) is 4.79 Å². The number of amides is 1. The molecule has 29 heavy (non-hydrogen) atoms. The quantitative estimate of drug-likeness (QED) is 0.489. The summed E-state index contributed by atoms with van der Waals surface area (Å²) in [6, 6.07) is 19.3. The summed E-state index contributed by atoms with van der Waals surface area (Å²) in [4.78, 5) is 23.7. The van der Waals surface area contributed by atoms with E-state index in [4.69, 9.17) is 0 Å². The van der Waals surface area contributed by atoms with Crippen molar-refractivity contribution in [3.8, 4) is 11.8 Å². The van der Waals surface area contributed by atoms with Crippen LogP contribution >= 0.6 is 0 Å². The largest absolute Gasteiger partial charge is 0.478 e. The first-order chi connectivity index (χ1) is 14.0. The number of aromatic carboxylic acids is 1. The van der Waals surface area contributed by atoms with Gasteiger partial charge < -0.3 is 15.0 Å². The summed E-state index contributed by atoms with van der Waals surface area (Å²) in [5, 5.41) is 21.4. The van der Waals surface area contributed by atoms with Crippen LogP contribution in [0.1, 0.15) is 28.5 Å². The lowest BCUT2D eigenvalue weighted by Gasteiger charge is -2.09. The average molecular weight is 385 g/mol. The van der Waals surface area contributed by atoms with E-state index in [1.54, 1.807) is 47.2 Å². The number of nitrogens with zero attached hydrogens (tertiary/aromatic N) is 2. The highest BCUT2D eigenvalue weighted by molar-refractivity contribution is 6.09. The van der Waals surface area contributed by atoms with Crippen LogP contribution in [0.25, 0.3) is 11.8 Å². The van der Waals surface area contributed by atoms with Crippen LogP contribution in [0.3, 0.4) is 0 Å². The third kappa shape index (κ3) is 4.60. The van der Waals surface area contributed by atoms with Crippen LogP contribution in [0, 0.1) is 11.3 Å². The van der Waals surface area contributed by atoms with E-state index >= 15 is 0 Å². The van der Waals surface area contributed by atoms with Gasteiger partial charge in [-0.05, 0) is 60.5 Å². The van der Waals surface area contributed by atoms with Gasteiger partial charge in [0.2, 0.25) is 0 Å². The summed E-state index contributed by atoms with van der Waals surface area (Å²) in [5.74, 6) is -1.54. The first-order valence-corrected chi connectivity index (χ1v) is 9.05. The Labute approximate surface area is 168 Å². The molecule has 0 spiro atoms. The Morgan fingerprint density at radius 3 is 2.55 bits per heavy atom. The van der Waals surface area contributed by atoms with Crippen LogP contribution in [0.5, 0.6) is 0 Å². The van der Waals surface area contributed by atoms with Crippen LogP contribution in [0.2, 0.25) is 0 Å². The van der Waals surface area contributed by atoms with E-state index in [1.165, 1.54) is 18.2 Å². The minimum atomic E-state index is -1.03. The lowest BCUT2D eigenvalue weighted by molar-refractivity contribution is -0.112. The molecule has 0 unspecified atom stereocenters. The molecular weight excluding hydrogens is 366 g/mol. The van der Waals surface area contributed by atoms with Crippen molar-refractivity contribution in [1.82, 2.24) is 4.57 Å². The molecule has 0 radical (unpaired) electrons. The van der Waals surface area contributed by atoms with Crippen LogP contribution in [-0.4, -0.2) is 21.6 Å². The molecule has 6 heteroatoms. The zero-order valence-electron chi connectivity index (χ0n) is 15.8. The highest BCUT2D eigenvalue weighted by atomic mass is 16.4. The molecule has 1 aromatic heterocycles. The second-order valence-corrected chi connectivity index (χ2v) is 6.33. The lowest BCUT2D eigenvalue weighted by Crippen LogP contribution is -2.13. The second-order valence-electron chi connectivity index (χ2n) is 6.33. The molecule has 0 saturated heterocycles. The van der Waals surface area contributed by atoms with E-state index in [-0.39, 0.29) is 11.1 Å². The second kappa shape index (κ2) is 8.72. The van der Waals surface area contributed by atoms with Crippen molar-refractivity contribution in [3.05, 3.63) is 89.3 Å². The Kier molecular flexibility index (Phi) is 5.91. The molecule has 0 aliphatic heterocycles. The number of aromatic nitrogens is 1. The monoisotopic (exact) mass is 385 g/mol. The van der Waals surface area contributed by atoms with Crippen molar-refractivity contribution in [3.63, 3.8) is 0 Å². The number of hydrogen-bond donors (Lipinski definition) is 2. The topological polar surface area (TPSA) is 95.1 Å². The van der Waals surface area contributed by atoms with Gasteiger partial charge in [-0.3, -0.25) is 4.79 Å². The van der Waals surface area contributed by atoms with E-state index in [1.807, 2.05) is 25.1 Å². The molecular formula is C23H19N3O3. The molecule has 2 aromatic carbocycles. The van der Waals surface area contributed by atoms with Gasteiger partial charge in [0.05, 0.1) is 5.56 Å². The molecule has 0 aliphatic rings. The number of nitriles is 1. The molecule has 0 atom stereocenters. The van der Waals surface area contributed by atoms with E-state index in [9.17, 15) is 20.0 Å². The molecule has 0 bridgehead atoms. The fraction of sp³-hybridized carbons (Fsp3) is 0.0870. The maximum atomic E-state index is 12.5. The molecule has 0 fully saturated rings. The van der Waals surface area contributed by atoms with Crippen LogP contribution in [-0.2, 0) is 11.2 Å². The predicted octanol–water partition coefficient (Wildman–Crippen LogP) is 4.28. The first kappa shape index (κ1) is 19.6. The van der Waals surface area contributed by atoms with Crippen molar-refractivity contribution in [1.29, 1.82) is 5.26 Å². The van der Waals surface area contributed by atoms with Crippen molar-refractivity contribution in [2.24, 2.45) is 0 Å². The summed E-state index contributed by atoms with van der Waals surface area (Å²) >= 11 is 0. The number of hydrogen-bond acceptors (Lipinski definition) is 3. The number of carbonyl (C=O) groups is 2. The smallest absolute Gasteiger partial charge is 0.335 e. The fourth-order valence-electron chi connectivity index (χ4n) is 2.85. The zero-order valence-corrected chi connectivity index (χ0v) is 15.8. The lowest BCUT2D eigenvalue weighted by atomic mass is 10.1. The number of carbonyl (C=O) groups excluding carboxylic acids is 1. The summed E-state index contributed by atoms with van der Waals surface area (Å²) < 4.78 is 1.72. The van der Waals surface area contributed by atoms with Gasteiger partial charge in [0, 0.05) is 23.3 Å². The predicted molar refractivity (Wildman–Crippen MR) is 111 cm³/mol. The zero-order chi connectivity index (χ0) is 20.8. The van der Waals surface area contributed by atoms with E-state index in [0.717, 1.165) is 12.0 Å². The van der Waals surface area contributed by atoms with Crippen LogP contribution in [0.15, 0.2) is 72.4 Å². The van der Waals surface area contributed by atoms with Gasteiger partial charge in [-0.1, -0.05) is 25.1 Å². The van der Waals surface area contributed by atoms with Gasteiger partial charge in [0.15, 0.2) is 0 Å². The Hall–Kier alpha value is -4.11. The van der Waals surface area contributed by atoms with Gasteiger partial charge in [-0.2, -0.15) is 5.26 Å². The summed E-state index contributed by atoms with van der Waals surface area (Å²) in [6.07, 6.45) is 4.12.